The van der Waals surface area contributed by atoms with E-state index in [1.165, 1.54) is 12.1 Å². The topological polar surface area (TPSA) is 46.3 Å². The lowest BCUT2D eigenvalue weighted by molar-refractivity contribution is -0.136. The summed E-state index contributed by atoms with van der Waals surface area (Å²) < 4.78 is 13.2. The summed E-state index contributed by atoms with van der Waals surface area (Å²) in [6.45, 7) is 4.38. The third-order valence-corrected chi connectivity index (χ3v) is 3.98. The molecule has 4 heteroatoms. The molecule has 2 unspecified atom stereocenters. The first-order valence-corrected chi connectivity index (χ1v) is 7.29. The summed E-state index contributed by atoms with van der Waals surface area (Å²) in [6, 6.07) is 6.79. The van der Waals surface area contributed by atoms with Crippen molar-refractivity contribution in [3.8, 4) is 0 Å². The first kappa shape index (κ1) is 15.0. The minimum absolute atomic E-state index is 0.124. The number of amides is 1. The summed E-state index contributed by atoms with van der Waals surface area (Å²) in [4.78, 5) is 14.4. The predicted molar refractivity (Wildman–Crippen MR) is 77.7 cm³/mol. The first-order chi connectivity index (χ1) is 9.49. The molecule has 2 N–H and O–H groups in total. The molecule has 0 bridgehead atoms. The number of nitrogens with zero attached hydrogens (tertiary/aromatic N) is 1. The maximum Gasteiger partial charge on any atom is 0.227 e. The van der Waals surface area contributed by atoms with E-state index in [4.69, 9.17) is 5.73 Å². The van der Waals surface area contributed by atoms with Gasteiger partial charge in [-0.2, -0.15) is 0 Å². The fraction of sp³-hybridized carbons (Fsp3) is 0.562. The molecule has 1 aromatic rings. The second-order valence-electron chi connectivity index (χ2n) is 5.79. The SMILES string of the molecule is CC(N)C(C)C(=O)N(CCc1cccc(F)c1)C1CC1. The zero-order valence-electron chi connectivity index (χ0n) is 12.2. The maximum absolute atomic E-state index is 13.2. The predicted octanol–water partition coefficient (Wildman–Crippen LogP) is 2.34. The van der Waals surface area contributed by atoms with E-state index in [0.29, 0.717) is 19.0 Å². The van der Waals surface area contributed by atoms with Gasteiger partial charge in [0.1, 0.15) is 5.82 Å². The lowest BCUT2D eigenvalue weighted by Crippen LogP contribution is -2.43. The molecule has 1 amide bonds. The Kier molecular flexibility index (Phi) is 4.76. The van der Waals surface area contributed by atoms with Crippen molar-refractivity contribution in [2.45, 2.75) is 45.2 Å². The highest BCUT2D eigenvalue weighted by Crippen LogP contribution is 2.28. The van der Waals surface area contributed by atoms with Crippen LogP contribution >= 0.6 is 0 Å². The molecule has 2 atom stereocenters. The molecular formula is C16H23FN2O. The van der Waals surface area contributed by atoms with Gasteiger partial charge >= 0.3 is 0 Å². The lowest BCUT2D eigenvalue weighted by atomic mass is 10.0. The number of hydrogen-bond donors (Lipinski definition) is 1. The average molecular weight is 278 g/mol. The molecule has 0 aliphatic heterocycles. The van der Waals surface area contributed by atoms with Crippen molar-refractivity contribution in [1.29, 1.82) is 0 Å². The zero-order chi connectivity index (χ0) is 14.7. The smallest absolute Gasteiger partial charge is 0.227 e. The molecular weight excluding hydrogens is 255 g/mol. The number of hydrogen-bond acceptors (Lipinski definition) is 2. The van der Waals surface area contributed by atoms with Crippen LogP contribution < -0.4 is 5.73 Å². The van der Waals surface area contributed by atoms with Gasteiger partial charge in [0.05, 0.1) is 5.92 Å². The highest BCUT2D eigenvalue weighted by Gasteiger charge is 2.34. The Morgan fingerprint density at radius 2 is 2.15 bits per heavy atom. The molecule has 1 aromatic carbocycles. The minimum atomic E-state index is -0.226. The Morgan fingerprint density at radius 3 is 2.70 bits per heavy atom. The number of carbonyl (C=O) groups excluding carboxylic acids is 1. The first-order valence-electron chi connectivity index (χ1n) is 7.29. The van der Waals surface area contributed by atoms with Crippen LogP contribution in [-0.4, -0.2) is 29.4 Å². The van der Waals surface area contributed by atoms with E-state index < -0.39 is 0 Å². The molecule has 110 valence electrons. The summed E-state index contributed by atoms with van der Waals surface area (Å²) >= 11 is 0. The van der Waals surface area contributed by atoms with E-state index in [1.54, 1.807) is 6.07 Å². The molecule has 1 aliphatic carbocycles. The van der Waals surface area contributed by atoms with Crippen molar-refractivity contribution in [3.05, 3.63) is 35.6 Å². The van der Waals surface area contributed by atoms with Crippen molar-refractivity contribution in [2.75, 3.05) is 6.54 Å². The second kappa shape index (κ2) is 6.35. The quantitative estimate of drug-likeness (QED) is 0.868. The van der Waals surface area contributed by atoms with E-state index in [2.05, 4.69) is 0 Å². The number of halogens is 1. The van der Waals surface area contributed by atoms with Crippen molar-refractivity contribution >= 4 is 5.91 Å². The highest BCUT2D eigenvalue weighted by molar-refractivity contribution is 5.79. The third kappa shape index (κ3) is 3.79. The van der Waals surface area contributed by atoms with Crippen LogP contribution in [0.15, 0.2) is 24.3 Å². The van der Waals surface area contributed by atoms with Crippen LogP contribution in [0.3, 0.4) is 0 Å². The summed E-state index contributed by atoms with van der Waals surface area (Å²) in [6.07, 6.45) is 2.83. The van der Waals surface area contributed by atoms with Gasteiger partial charge in [0, 0.05) is 18.6 Å². The van der Waals surface area contributed by atoms with Gasteiger partial charge in [-0.1, -0.05) is 19.1 Å². The largest absolute Gasteiger partial charge is 0.339 e. The normalized spacial score (nSPS) is 17.6. The Balaban J connectivity index is 1.98. The molecule has 0 radical (unpaired) electrons. The molecule has 1 saturated carbocycles. The van der Waals surface area contributed by atoms with Crippen LogP contribution in [0.1, 0.15) is 32.3 Å². The number of benzene rings is 1. The monoisotopic (exact) mass is 278 g/mol. The van der Waals surface area contributed by atoms with Gasteiger partial charge in [-0.15, -0.1) is 0 Å². The Labute approximate surface area is 120 Å². The van der Waals surface area contributed by atoms with Crippen molar-refractivity contribution in [3.63, 3.8) is 0 Å². The third-order valence-electron chi connectivity index (χ3n) is 3.98. The Bertz CT molecular complexity index is 471. The maximum atomic E-state index is 13.2. The van der Waals surface area contributed by atoms with Crippen LogP contribution in [0, 0.1) is 11.7 Å². The molecule has 0 spiro atoms. The van der Waals surface area contributed by atoms with Gasteiger partial charge in [-0.3, -0.25) is 4.79 Å². The van der Waals surface area contributed by atoms with Crippen molar-refractivity contribution < 1.29 is 9.18 Å². The van der Waals surface area contributed by atoms with E-state index >= 15 is 0 Å². The van der Waals surface area contributed by atoms with Crippen LogP contribution in [0.2, 0.25) is 0 Å². The molecule has 20 heavy (non-hydrogen) atoms. The van der Waals surface area contributed by atoms with Gasteiger partial charge in [0.2, 0.25) is 5.91 Å². The molecule has 1 fully saturated rings. The van der Waals surface area contributed by atoms with Crippen LogP contribution in [0.4, 0.5) is 4.39 Å². The van der Waals surface area contributed by atoms with Gasteiger partial charge in [0.15, 0.2) is 0 Å². The summed E-state index contributed by atoms with van der Waals surface area (Å²) in [5, 5.41) is 0. The van der Waals surface area contributed by atoms with Gasteiger partial charge in [-0.25, -0.2) is 4.39 Å². The second-order valence-corrected chi connectivity index (χ2v) is 5.79. The van der Waals surface area contributed by atoms with Gasteiger partial charge in [0.25, 0.3) is 0 Å². The highest BCUT2D eigenvalue weighted by atomic mass is 19.1. The lowest BCUT2D eigenvalue weighted by Gasteiger charge is -2.27. The van der Waals surface area contributed by atoms with Crippen molar-refractivity contribution in [1.82, 2.24) is 4.90 Å². The van der Waals surface area contributed by atoms with E-state index in [0.717, 1.165) is 18.4 Å². The molecule has 2 rings (SSSR count). The number of nitrogens with two attached hydrogens (primary N) is 1. The van der Waals surface area contributed by atoms with Crippen LogP contribution in [0.5, 0.6) is 0 Å². The van der Waals surface area contributed by atoms with E-state index in [1.807, 2.05) is 24.8 Å². The molecule has 0 saturated heterocycles. The Hall–Kier alpha value is -1.42. The number of rotatable bonds is 6. The zero-order valence-corrected chi connectivity index (χ0v) is 12.2. The van der Waals surface area contributed by atoms with Crippen LogP contribution in [-0.2, 0) is 11.2 Å². The van der Waals surface area contributed by atoms with E-state index in [9.17, 15) is 9.18 Å². The standard InChI is InChI=1S/C16H23FN2O/c1-11(12(2)18)16(20)19(15-6-7-15)9-8-13-4-3-5-14(17)10-13/h3-5,10-12,15H,6-9,18H2,1-2H3. The van der Waals surface area contributed by atoms with Gasteiger partial charge < -0.3 is 10.6 Å². The summed E-state index contributed by atoms with van der Waals surface area (Å²) in [7, 11) is 0. The van der Waals surface area contributed by atoms with Crippen molar-refractivity contribution in [2.24, 2.45) is 11.7 Å². The Morgan fingerprint density at radius 1 is 1.45 bits per heavy atom. The number of carbonyl (C=O) groups is 1. The summed E-state index contributed by atoms with van der Waals surface area (Å²) in [5.74, 6) is -0.266. The molecule has 0 heterocycles. The summed E-state index contributed by atoms with van der Waals surface area (Å²) in [5.41, 5.74) is 6.75. The van der Waals surface area contributed by atoms with Gasteiger partial charge in [-0.05, 0) is 43.9 Å². The molecule has 1 aliphatic rings. The minimum Gasteiger partial charge on any atom is -0.339 e. The fourth-order valence-corrected chi connectivity index (χ4v) is 2.29. The average Bonchev–Trinajstić information content (AvgIpc) is 3.22. The molecule has 3 nitrogen and oxygen atoms in total. The van der Waals surface area contributed by atoms with E-state index in [-0.39, 0.29) is 23.7 Å². The fourth-order valence-electron chi connectivity index (χ4n) is 2.29. The molecule has 0 aromatic heterocycles. The van der Waals surface area contributed by atoms with Crippen LogP contribution in [0.25, 0.3) is 0 Å².